The van der Waals surface area contributed by atoms with E-state index in [4.69, 9.17) is 9.47 Å². The van der Waals surface area contributed by atoms with Crippen molar-refractivity contribution in [2.75, 3.05) is 19.1 Å². The van der Waals surface area contributed by atoms with Crippen LogP contribution in [0.4, 0.5) is 11.4 Å². The maximum Gasteiger partial charge on any atom is 0.269 e. The summed E-state index contributed by atoms with van der Waals surface area (Å²) >= 11 is 3.71. The third-order valence-electron chi connectivity index (χ3n) is 8.76. The van der Waals surface area contributed by atoms with E-state index < -0.39 is 16.4 Å². The Morgan fingerprint density at radius 3 is 2.62 bits per heavy atom. The molecule has 0 aromatic heterocycles. The van der Waals surface area contributed by atoms with E-state index in [1.165, 1.54) is 12.1 Å². The van der Waals surface area contributed by atoms with Gasteiger partial charge < -0.3 is 30.3 Å². The molecule has 0 saturated heterocycles. The van der Waals surface area contributed by atoms with Crippen molar-refractivity contribution in [3.8, 4) is 11.5 Å². The van der Waals surface area contributed by atoms with Crippen molar-refractivity contribution >= 4 is 33.2 Å². The van der Waals surface area contributed by atoms with Gasteiger partial charge >= 0.3 is 0 Å². The van der Waals surface area contributed by atoms with E-state index in [1.54, 1.807) is 36.3 Å². The number of aliphatic hydroxyl groups is 1. The molecule has 42 heavy (non-hydrogen) atoms. The molecule has 0 radical (unpaired) electrons. The normalized spacial score (nSPS) is 24.0. The van der Waals surface area contributed by atoms with Crippen LogP contribution in [0.2, 0.25) is 0 Å². The molecule has 1 amide bonds. The van der Waals surface area contributed by atoms with Gasteiger partial charge in [-0.1, -0.05) is 25.1 Å². The van der Waals surface area contributed by atoms with Crippen LogP contribution in [0.1, 0.15) is 41.3 Å². The summed E-state index contributed by atoms with van der Waals surface area (Å²) in [7, 11) is 1.60. The number of halogens is 1. The van der Waals surface area contributed by atoms with Crippen LogP contribution >= 0.6 is 15.9 Å². The quantitative estimate of drug-likeness (QED) is 0.236. The molecule has 1 spiro atoms. The van der Waals surface area contributed by atoms with Crippen molar-refractivity contribution in [2.45, 2.75) is 43.9 Å². The summed E-state index contributed by atoms with van der Waals surface area (Å²) in [6.45, 7) is 2.31. The molecule has 4 atom stereocenters. The zero-order chi connectivity index (χ0) is 29.6. The van der Waals surface area contributed by atoms with Gasteiger partial charge in [-0.15, -0.1) is 0 Å². The minimum absolute atomic E-state index is 0.0218. The van der Waals surface area contributed by atoms with E-state index >= 15 is 0 Å². The smallest absolute Gasteiger partial charge is 0.269 e. The summed E-state index contributed by atoms with van der Waals surface area (Å²) < 4.78 is 13.1. The van der Waals surface area contributed by atoms with Crippen LogP contribution in [0.3, 0.4) is 0 Å². The highest BCUT2D eigenvalue weighted by Gasteiger charge is 2.58. The number of anilines is 1. The molecule has 3 N–H and O–H groups in total. The Morgan fingerprint density at radius 2 is 1.95 bits per heavy atom. The zero-order valence-electron chi connectivity index (χ0n) is 23.2. The Kier molecular flexibility index (Phi) is 7.32. The average molecular weight is 636 g/mol. The highest BCUT2D eigenvalue weighted by atomic mass is 79.9. The maximum absolute atomic E-state index is 13.8. The number of hydrogen-bond acceptors (Lipinski definition) is 8. The largest absolute Gasteiger partial charge is 0.495 e. The highest BCUT2D eigenvalue weighted by molar-refractivity contribution is 9.10. The number of allylic oxidation sites excluding steroid dienone is 1. The van der Waals surface area contributed by atoms with E-state index in [-0.39, 0.29) is 30.2 Å². The topological polar surface area (TPSA) is 126 Å². The SMILES string of the molecule is COc1cc2c3c(c1Br)O[C@@H]1C=C(NNc4ccc([N+](=O)[O-])cc4)C[C@@H](C)[C@]31C[C@@H](CO)N(C(=O)c1ccccc1)C2. The second kappa shape index (κ2) is 11.0. The first-order valence-corrected chi connectivity index (χ1v) is 14.6. The predicted octanol–water partition coefficient (Wildman–Crippen LogP) is 5.31. The Balaban J connectivity index is 1.38. The molecular formula is C31H31BrN4O6. The molecule has 1 aliphatic carbocycles. The van der Waals surface area contributed by atoms with Gasteiger partial charge in [-0.2, -0.15) is 0 Å². The first kappa shape index (κ1) is 28.0. The number of methoxy groups -OCH3 is 1. The Hall–Kier alpha value is -4.09. The highest BCUT2D eigenvalue weighted by Crippen LogP contribution is 2.60. The molecule has 6 rings (SSSR count). The summed E-state index contributed by atoms with van der Waals surface area (Å²) in [6, 6.07) is 16.9. The van der Waals surface area contributed by atoms with Gasteiger partial charge in [0, 0.05) is 40.9 Å². The molecule has 10 nitrogen and oxygen atoms in total. The number of carbonyl (C=O) groups is 1. The van der Waals surface area contributed by atoms with E-state index in [0.717, 1.165) is 21.3 Å². The fraction of sp³-hybridized carbons (Fsp3) is 0.323. The van der Waals surface area contributed by atoms with Crippen LogP contribution in [0.15, 0.2) is 76.9 Å². The summed E-state index contributed by atoms with van der Waals surface area (Å²) in [6.07, 6.45) is 2.88. The molecule has 2 heterocycles. The molecule has 0 bridgehead atoms. The first-order chi connectivity index (χ1) is 20.3. The third-order valence-corrected chi connectivity index (χ3v) is 9.51. The number of non-ortho nitro benzene ring substituents is 1. The number of aliphatic hydroxyl groups excluding tert-OH is 1. The van der Waals surface area contributed by atoms with Gasteiger partial charge in [0.05, 0.1) is 30.4 Å². The number of ether oxygens (including phenoxy) is 2. The molecule has 0 saturated carbocycles. The van der Waals surface area contributed by atoms with Gasteiger partial charge in [-0.3, -0.25) is 14.9 Å². The van der Waals surface area contributed by atoms with Crippen molar-refractivity contribution in [3.63, 3.8) is 0 Å². The lowest BCUT2D eigenvalue weighted by molar-refractivity contribution is -0.384. The maximum atomic E-state index is 13.8. The number of hydrazine groups is 1. The van der Waals surface area contributed by atoms with Gasteiger partial charge in [0.25, 0.3) is 11.6 Å². The van der Waals surface area contributed by atoms with Crippen LogP contribution in [0, 0.1) is 16.0 Å². The monoisotopic (exact) mass is 634 g/mol. The van der Waals surface area contributed by atoms with Crippen LogP contribution in [0.25, 0.3) is 0 Å². The van der Waals surface area contributed by atoms with Crippen molar-refractivity contribution in [1.29, 1.82) is 0 Å². The fourth-order valence-corrected chi connectivity index (χ4v) is 7.26. The molecule has 218 valence electrons. The number of nitrogens with one attached hydrogen (secondary N) is 2. The minimum Gasteiger partial charge on any atom is -0.495 e. The van der Waals surface area contributed by atoms with Crippen LogP contribution < -0.4 is 20.3 Å². The Labute approximate surface area is 251 Å². The van der Waals surface area contributed by atoms with Crippen molar-refractivity contribution in [2.24, 2.45) is 5.92 Å². The molecule has 0 fully saturated rings. The van der Waals surface area contributed by atoms with Crippen LogP contribution in [0.5, 0.6) is 11.5 Å². The standard InChI is InChI=1S/C31H31BrN4O6/c1-18-12-22(34-33-21-8-10-23(11-9-21)36(39)40)14-26-31(18)15-24(17-37)35(30(38)19-6-4-3-5-7-19)16-20-13-25(41-2)28(32)29(42-26)27(20)31/h3-11,13-14,18,24,26,33-34,37H,12,15-17H2,1-2H3/t18-,24+,26-,31+/m1/s1. The predicted molar refractivity (Wildman–Crippen MR) is 160 cm³/mol. The number of amides is 1. The third kappa shape index (κ3) is 4.57. The number of carbonyl (C=O) groups excluding carboxylic acids is 1. The van der Waals surface area contributed by atoms with E-state index in [9.17, 15) is 20.0 Å². The number of rotatable bonds is 7. The van der Waals surface area contributed by atoms with Gasteiger partial charge in [0.1, 0.15) is 22.1 Å². The molecule has 3 aromatic carbocycles. The molecule has 3 aliphatic rings. The summed E-state index contributed by atoms with van der Waals surface area (Å²) in [5.74, 6) is 1.25. The number of benzene rings is 3. The second-order valence-corrected chi connectivity index (χ2v) is 11.8. The molecule has 0 unspecified atom stereocenters. The van der Waals surface area contributed by atoms with E-state index in [1.807, 2.05) is 24.3 Å². The average Bonchev–Trinajstić information content (AvgIpc) is 3.27. The summed E-state index contributed by atoms with van der Waals surface area (Å²) in [5, 5.41) is 21.7. The summed E-state index contributed by atoms with van der Waals surface area (Å²) in [5.41, 5.74) is 10.1. The van der Waals surface area contributed by atoms with E-state index in [0.29, 0.717) is 42.1 Å². The second-order valence-electron chi connectivity index (χ2n) is 11.0. The van der Waals surface area contributed by atoms with Gasteiger partial charge in [0.15, 0.2) is 0 Å². The minimum atomic E-state index is -0.503. The lowest BCUT2D eigenvalue weighted by atomic mass is 9.60. The number of nitro benzene ring substituents is 1. The van der Waals surface area contributed by atoms with Gasteiger partial charge in [0.2, 0.25) is 0 Å². The molecular weight excluding hydrogens is 604 g/mol. The van der Waals surface area contributed by atoms with Crippen molar-refractivity contribution in [3.05, 3.63) is 104 Å². The number of nitro groups is 1. The fourth-order valence-electron chi connectivity index (χ4n) is 6.69. The number of nitrogens with zero attached hydrogens (tertiary/aromatic N) is 2. The molecule has 2 aliphatic heterocycles. The lowest BCUT2D eigenvalue weighted by Gasteiger charge is -2.44. The van der Waals surface area contributed by atoms with Crippen molar-refractivity contribution < 1.29 is 24.3 Å². The Bertz CT molecular complexity index is 1560. The van der Waals surface area contributed by atoms with Gasteiger partial charge in [-0.25, -0.2) is 0 Å². The van der Waals surface area contributed by atoms with Gasteiger partial charge in [-0.05, 0) is 76.7 Å². The Morgan fingerprint density at radius 1 is 1.21 bits per heavy atom. The van der Waals surface area contributed by atoms with Crippen LogP contribution in [-0.4, -0.2) is 46.7 Å². The lowest BCUT2D eigenvalue weighted by Crippen LogP contribution is -2.51. The summed E-state index contributed by atoms with van der Waals surface area (Å²) in [4.78, 5) is 26.2. The first-order valence-electron chi connectivity index (χ1n) is 13.8. The van der Waals surface area contributed by atoms with Crippen LogP contribution in [-0.2, 0) is 12.0 Å². The van der Waals surface area contributed by atoms with E-state index in [2.05, 4.69) is 39.8 Å². The van der Waals surface area contributed by atoms with Crippen molar-refractivity contribution in [1.82, 2.24) is 10.3 Å². The molecule has 3 aromatic rings. The number of hydrogen-bond donors (Lipinski definition) is 3. The zero-order valence-corrected chi connectivity index (χ0v) is 24.8. The molecule has 11 heteroatoms.